The van der Waals surface area contributed by atoms with E-state index in [0.717, 1.165) is 46.1 Å². The van der Waals surface area contributed by atoms with Gasteiger partial charge in [0.25, 0.3) is 0 Å². The van der Waals surface area contributed by atoms with E-state index in [0.29, 0.717) is 11.7 Å². The van der Waals surface area contributed by atoms with Crippen LogP contribution in [0.2, 0.25) is 0 Å². The Morgan fingerprint density at radius 3 is 2.62 bits per heavy atom. The highest BCUT2D eigenvalue weighted by molar-refractivity contribution is 5.91. The molecule has 5 rings (SSSR count). The van der Waals surface area contributed by atoms with Gasteiger partial charge >= 0.3 is 5.69 Å². The third-order valence-electron chi connectivity index (χ3n) is 6.08. The fraction of sp³-hybridized carbons (Fsp3) is 0.304. The van der Waals surface area contributed by atoms with Crippen LogP contribution in [0.1, 0.15) is 37.3 Å². The van der Waals surface area contributed by atoms with E-state index in [1.807, 2.05) is 54.9 Å². The molecule has 6 heteroatoms. The zero-order chi connectivity index (χ0) is 20.1. The Morgan fingerprint density at radius 2 is 1.86 bits per heavy atom. The van der Waals surface area contributed by atoms with Gasteiger partial charge < -0.3 is 10.3 Å². The van der Waals surface area contributed by atoms with Gasteiger partial charge in [-0.3, -0.25) is 9.13 Å². The van der Waals surface area contributed by atoms with Crippen LogP contribution in [0.4, 0.5) is 5.88 Å². The van der Waals surface area contributed by atoms with E-state index >= 15 is 0 Å². The first-order chi connectivity index (χ1) is 14.0. The second-order valence-electron chi connectivity index (χ2n) is 7.99. The number of hydrogen-bond donors (Lipinski definition) is 1. The smallest absolute Gasteiger partial charge is 0.329 e. The minimum absolute atomic E-state index is 0.0428. The lowest BCUT2D eigenvalue weighted by Gasteiger charge is -2.11. The Kier molecular flexibility index (Phi) is 4.08. The summed E-state index contributed by atoms with van der Waals surface area (Å²) in [6, 6.07) is 14.4. The summed E-state index contributed by atoms with van der Waals surface area (Å²) in [7, 11) is 1.83. The first kappa shape index (κ1) is 17.8. The molecule has 4 aromatic rings. The molecule has 2 N–H and O–H groups in total. The predicted octanol–water partition coefficient (Wildman–Crippen LogP) is 4.67. The second-order valence-corrected chi connectivity index (χ2v) is 7.99. The third kappa shape index (κ3) is 2.78. The van der Waals surface area contributed by atoms with E-state index in [1.165, 1.54) is 12.8 Å². The van der Waals surface area contributed by atoms with E-state index in [2.05, 4.69) is 11.2 Å². The molecule has 2 heterocycles. The molecule has 1 aliphatic carbocycles. The standard InChI is InChI=1S/C23H24N4O2/c1-14-6-5-7-16(12-14)21-20(22(24)29-25-21)15-10-11-18-19(13-15)26(2)23(28)27(18)17-8-3-4-9-17/h5-7,10-13,17H,3-4,8-9,24H2,1-2H3. The SMILES string of the molecule is Cc1cccc(-c2noc(N)c2-c2ccc3c(c2)n(C)c(=O)n3C2CCCC2)c1. The molecule has 1 fully saturated rings. The van der Waals surface area contributed by atoms with Gasteiger partial charge in [-0.25, -0.2) is 4.79 Å². The number of nitrogen functional groups attached to an aromatic ring is 1. The minimum Gasteiger partial charge on any atom is -0.367 e. The predicted molar refractivity (Wildman–Crippen MR) is 115 cm³/mol. The number of benzene rings is 2. The highest BCUT2D eigenvalue weighted by Crippen LogP contribution is 2.38. The van der Waals surface area contributed by atoms with Crippen molar-refractivity contribution in [2.45, 2.75) is 38.6 Å². The van der Waals surface area contributed by atoms with E-state index in [1.54, 1.807) is 4.57 Å². The highest BCUT2D eigenvalue weighted by Gasteiger charge is 2.24. The molecule has 0 unspecified atom stereocenters. The van der Waals surface area contributed by atoms with Gasteiger partial charge in [0, 0.05) is 18.7 Å². The summed E-state index contributed by atoms with van der Waals surface area (Å²) in [5.41, 5.74) is 12.5. The van der Waals surface area contributed by atoms with E-state index < -0.39 is 0 Å². The van der Waals surface area contributed by atoms with Crippen molar-refractivity contribution in [3.63, 3.8) is 0 Å². The highest BCUT2D eigenvalue weighted by atomic mass is 16.5. The molecule has 0 amide bonds. The molecule has 0 atom stereocenters. The van der Waals surface area contributed by atoms with Crippen molar-refractivity contribution < 1.29 is 4.52 Å². The summed E-state index contributed by atoms with van der Waals surface area (Å²) in [6.45, 7) is 2.04. The van der Waals surface area contributed by atoms with Gasteiger partial charge in [0.15, 0.2) is 0 Å². The number of fused-ring (bicyclic) bond motifs is 1. The van der Waals surface area contributed by atoms with Gasteiger partial charge in [-0.2, -0.15) is 0 Å². The molecule has 2 aromatic heterocycles. The van der Waals surface area contributed by atoms with Crippen LogP contribution in [-0.2, 0) is 7.05 Å². The summed E-state index contributed by atoms with van der Waals surface area (Å²) in [4.78, 5) is 12.9. The zero-order valence-electron chi connectivity index (χ0n) is 16.7. The molecule has 29 heavy (non-hydrogen) atoms. The molecule has 0 aliphatic heterocycles. The average Bonchev–Trinajstić information content (AvgIpc) is 3.42. The van der Waals surface area contributed by atoms with Crippen molar-refractivity contribution in [1.82, 2.24) is 14.3 Å². The average molecular weight is 388 g/mol. The van der Waals surface area contributed by atoms with Crippen LogP contribution in [0.25, 0.3) is 33.4 Å². The van der Waals surface area contributed by atoms with Crippen LogP contribution in [0.5, 0.6) is 0 Å². The van der Waals surface area contributed by atoms with Gasteiger partial charge in [-0.15, -0.1) is 0 Å². The summed E-state index contributed by atoms with van der Waals surface area (Å²) >= 11 is 0. The molecule has 6 nitrogen and oxygen atoms in total. The third-order valence-corrected chi connectivity index (χ3v) is 6.08. The largest absolute Gasteiger partial charge is 0.367 e. The maximum absolute atomic E-state index is 12.9. The molecule has 2 aromatic carbocycles. The van der Waals surface area contributed by atoms with Gasteiger partial charge in [0.2, 0.25) is 5.88 Å². The van der Waals surface area contributed by atoms with Crippen molar-refractivity contribution in [3.8, 4) is 22.4 Å². The number of aromatic nitrogens is 3. The van der Waals surface area contributed by atoms with E-state index in [4.69, 9.17) is 10.3 Å². The molecular formula is C23H24N4O2. The second kappa shape index (κ2) is 6.65. The maximum atomic E-state index is 12.9. The van der Waals surface area contributed by atoms with E-state index in [-0.39, 0.29) is 11.6 Å². The van der Waals surface area contributed by atoms with Crippen LogP contribution in [0.3, 0.4) is 0 Å². The molecule has 0 saturated heterocycles. The van der Waals surface area contributed by atoms with Crippen LogP contribution in [-0.4, -0.2) is 14.3 Å². The molecule has 1 saturated carbocycles. The Bertz CT molecular complexity index is 1270. The van der Waals surface area contributed by atoms with Crippen LogP contribution >= 0.6 is 0 Å². The van der Waals surface area contributed by atoms with Crippen LogP contribution in [0, 0.1) is 6.92 Å². The monoisotopic (exact) mass is 388 g/mol. The van der Waals surface area contributed by atoms with Crippen molar-refractivity contribution in [3.05, 3.63) is 58.5 Å². The summed E-state index contributed by atoms with van der Waals surface area (Å²) in [6.07, 6.45) is 4.50. The number of hydrogen-bond acceptors (Lipinski definition) is 4. The van der Waals surface area contributed by atoms with Crippen molar-refractivity contribution >= 4 is 16.9 Å². The summed E-state index contributed by atoms with van der Waals surface area (Å²) in [5, 5.41) is 4.22. The van der Waals surface area contributed by atoms with Crippen molar-refractivity contribution in [2.24, 2.45) is 7.05 Å². The number of anilines is 1. The quantitative estimate of drug-likeness (QED) is 0.553. The lowest BCUT2D eigenvalue weighted by Crippen LogP contribution is -2.24. The van der Waals surface area contributed by atoms with Crippen LogP contribution < -0.4 is 11.4 Å². The number of imidazole rings is 1. The molecule has 0 spiro atoms. The molecular weight excluding hydrogens is 364 g/mol. The Labute approximate surface area is 168 Å². The number of aryl methyl sites for hydroxylation is 2. The van der Waals surface area contributed by atoms with E-state index in [9.17, 15) is 4.79 Å². The fourth-order valence-electron chi connectivity index (χ4n) is 4.61. The lowest BCUT2D eigenvalue weighted by atomic mass is 9.99. The van der Waals surface area contributed by atoms with Gasteiger partial charge in [-0.1, -0.05) is 47.8 Å². The number of rotatable bonds is 3. The topological polar surface area (TPSA) is 79.0 Å². The molecule has 148 valence electrons. The van der Waals surface area contributed by atoms with Gasteiger partial charge in [0.05, 0.1) is 16.6 Å². The first-order valence-corrected chi connectivity index (χ1v) is 10.1. The Morgan fingerprint density at radius 1 is 1.07 bits per heavy atom. The summed E-state index contributed by atoms with van der Waals surface area (Å²) in [5.74, 6) is 0.279. The normalized spacial score (nSPS) is 14.8. The lowest BCUT2D eigenvalue weighted by molar-refractivity contribution is 0.439. The molecule has 1 aliphatic rings. The zero-order valence-corrected chi connectivity index (χ0v) is 16.7. The maximum Gasteiger partial charge on any atom is 0.329 e. The Balaban J connectivity index is 1.69. The molecule has 0 radical (unpaired) electrons. The fourth-order valence-corrected chi connectivity index (χ4v) is 4.61. The summed E-state index contributed by atoms with van der Waals surface area (Å²) < 4.78 is 9.04. The van der Waals surface area contributed by atoms with Crippen LogP contribution in [0.15, 0.2) is 51.8 Å². The van der Waals surface area contributed by atoms with Crippen molar-refractivity contribution in [2.75, 3.05) is 5.73 Å². The van der Waals surface area contributed by atoms with Gasteiger partial charge in [-0.05, 0) is 43.5 Å². The van der Waals surface area contributed by atoms with Crippen molar-refractivity contribution in [1.29, 1.82) is 0 Å². The molecule has 0 bridgehead atoms. The Hall–Kier alpha value is -3.28. The number of nitrogens with two attached hydrogens (primary N) is 1. The van der Waals surface area contributed by atoms with Gasteiger partial charge in [0.1, 0.15) is 5.69 Å². The number of nitrogens with zero attached hydrogens (tertiary/aromatic N) is 3. The minimum atomic E-state index is 0.0428. The first-order valence-electron chi connectivity index (χ1n) is 10.1.